The molecule has 0 aliphatic rings. The molecule has 1 heterocycles. The van der Waals surface area contributed by atoms with Crippen molar-refractivity contribution in [2.24, 2.45) is 5.41 Å². The summed E-state index contributed by atoms with van der Waals surface area (Å²) in [5, 5.41) is 26.5. The summed E-state index contributed by atoms with van der Waals surface area (Å²) in [7, 11) is 0. The van der Waals surface area contributed by atoms with Crippen LogP contribution in [0.5, 0.6) is 5.75 Å². The number of rotatable bonds is 6. The Balaban J connectivity index is 2.00. The quantitative estimate of drug-likeness (QED) is 0.573. The molecule has 130 valence electrons. The van der Waals surface area contributed by atoms with E-state index >= 15 is 0 Å². The smallest absolute Gasteiger partial charge is 0.184 e. The summed E-state index contributed by atoms with van der Waals surface area (Å²) in [5.41, 5.74) is 1.48. The van der Waals surface area contributed by atoms with Gasteiger partial charge in [0.1, 0.15) is 12.0 Å². The molecule has 4 nitrogen and oxygen atoms in total. The van der Waals surface area contributed by atoms with Crippen LogP contribution in [0.3, 0.4) is 0 Å². The van der Waals surface area contributed by atoms with Crippen LogP contribution in [-0.2, 0) is 0 Å². The molecule has 2 unspecified atom stereocenters. The van der Waals surface area contributed by atoms with Crippen LogP contribution in [0.4, 0.5) is 5.13 Å². The monoisotopic (exact) mass is 354 g/mol. The normalized spacial score (nSPS) is 14.0. The molecular formula is C20H22N2O2S. The van der Waals surface area contributed by atoms with Crippen LogP contribution < -0.4 is 5.32 Å². The van der Waals surface area contributed by atoms with E-state index < -0.39 is 11.6 Å². The molecule has 1 aromatic heterocycles. The number of nitrogens with zero attached hydrogens (tertiary/aromatic N) is 1. The fraction of sp³-hybridized carbons (Fsp3) is 0.250. The molecule has 2 aromatic carbocycles. The summed E-state index contributed by atoms with van der Waals surface area (Å²) >= 11 is 1.45. The average molecular weight is 354 g/mol. The lowest BCUT2D eigenvalue weighted by Crippen LogP contribution is -2.41. The number of hydrogen-bond donors (Lipinski definition) is 3. The van der Waals surface area contributed by atoms with Gasteiger partial charge in [0.25, 0.3) is 0 Å². The van der Waals surface area contributed by atoms with Crippen molar-refractivity contribution in [3.05, 3.63) is 77.3 Å². The first-order chi connectivity index (χ1) is 12.0. The van der Waals surface area contributed by atoms with Gasteiger partial charge in [-0.3, -0.25) is 0 Å². The molecule has 5 heteroatoms. The van der Waals surface area contributed by atoms with Crippen molar-refractivity contribution in [3.8, 4) is 5.75 Å². The molecule has 3 rings (SSSR count). The minimum Gasteiger partial charge on any atom is -0.508 e. The molecule has 25 heavy (non-hydrogen) atoms. The van der Waals surface area contributed by atoms with Gasteiger partial charge in [-0.15, -0.1) is 11.3 Å². The van der Waals surface area contributed by atoms with Crippen molar-refractivity contribution in [1.82, 2.24) is 4.98 Å². The number of nitrogens with one attached hydrogen (secondary N) is 1. The van der Waals surface area contributed by atoms with Crippen LogP contribution in [0.2, 0.25) is 0 Å². The summed E-state index contributed by atoms with van der Waals surface area (Å²) < 4.78 is 0. The number of anilines is 1. The molecule has 0 fully saturated rings. The van der Waals surface area contributed by atoms with E-state index in [0.29, 0.717) is 5.13 Å². The molecule has 3 aromatic rings. The van der Waals surface area contributed by atoms with E-state index in [-0.39, 0.29) is 11.7 Å². The fourth-order valence-electron chi connectivity index (χ4n) is 3.16. The van der Waals surface area contributed by atoms with E-state index in [0.717, 1.165) is 11.1 Å². The second-order valence-corrected chi connectivity index (χ2v) is 7.54. The maximum atomic E-state index is 10.9. The van der Waals surface area contributed by atoms with Crippen molar-refractivity contribution < 1.29 is 10.2 Å². The highest BCUT2D eigenvalue weighted by Gasteiger charge is 2.39. The van der Waals surface area contributed by atoms with E-state index in [2.05, 4.69) is 10.3 Å². The van der Waals surface area contributed by atoms with Gasteiger partial charge in [-0.05, 0) is 23.3 Å². The summed E-state index contributed by atoms with van der Waals surface area (Å²) in [5.74, 6) is 0.111. The molecular weight excluding hydrogens is 332 g/mol. The van der Waals surface area contributed by atoms with Gasteiger partial charge in [-0.2, -0.15) is 0 Å². The third kappa shape index (κ3) is 3.83. The number of aliphatic hydroxyl groups excluding tert-OH is 1. The van der Waals surface area contributed by atoms with Crippen LogP contribution in [0.1, 0.15) is 30.9 Å². The van der Waals surface area contributed by atoms with Gasteiger partial charge in [-0.1, -0.05) is 56.3 Å². The summed E-state index contributed by atoms with van der Waals surface area (Å²) in [4.78, 5) is 4.20. The van der Waals surface area contributed by atoms with E-state index in [4.69, 9.17) is 0 Å². The van der Waals surface area contributed by atoms with E-state index in [1.54, 1.807) is 18.3 Å². The molecule has 0 bridgehead atoms. The maximum Gasteiger partial charge on any atom is 0.184 e. The van der Waals surface area contributed by atoms with E-state index in [9.17, 15) is 10.2 Å². The molecule has 0 saturated heterocycles. The minimum atomic E-state index is -0.814. The predicted molar refractivity (Wildman–Crippen MR) is 102 cm³/mol. The molecule has 0 saturated carbocycles. The Morgan fingerprint density at radius 3 is 2.40 bits per heavy atom. The zero-order valence-corrected chi connectivity index (χ0v) is 15.1. The van der Waals surface area contributed by atoms with Gasteiger partial charge in [-0.25, -0.2) is 4.98 Å². The van der Waals surface area contributed by atoms with Gasteiger partial charge in [0.2, 0.25) is 0 Å². The number of phenols is 1. The first-order valence-corrected chi connectivity index (χ1v) is 9.04. The highest BCUT2D eigenvalue weighted by atomic mass is 32.1. The summed E-state index contributed by atoms with van der Waals surface area (Å²) in [6, 6.07) is 17.3. The van der Waals surface area contributed by atoms with Crippen LogP contribution in [0.15, 0.2) is 66.2 Å². The Morgan fingerprint density at radius 1 is 1.04 bits per heavy atom. The topological polar surface area (TPSA) is 65.4 Å². The fourth-order valence-corrected chi connectivity index (χ4v) is 3.71. The second-order valence-electron chi connectivity index (χ2n) is 6.64. The van der Waals surface area contributed by atoms with E-state index in [1.165, 1.54) is 11.3 Å². The van der Waals surface area contributed by atoms with Gasteiger partial charge in [0.05, 0.1) is 0 Å². The Bertz CT molecular complexity index is 804. The lowest BCUT2D eigenvalue weighted by Gasteiger charge is -2.39. The van der Waals surface area contributed by atoms with Crippen LogP contribution in [-0.4, -0.2) is 21.4 Å². The number of benzene rings is 2. The Labute approximate surface area is 151 Å². The highest BCUT2D eigenvalue weighted by Crippen LogP contribution is 2.44. The number of hydrogen-bond acceptors (Lipinski definition) is 5. The SMILES string of the molecule is CC(C)(C(O)Nc1nccs1)C(c1ccccc1)c1cccc(O)c1. The molecule has 3 N–H and O–H groups in total. The molecule has 0 spiro atoms. The van der Waals surface area contributed by atoms with Crippen molar-refractivity contribution in [2.75, 3.05) is 5.32 Å². The van der Waals surface area contributed by atoms with E-state index in [1.807, 2.05) is 61.7 Å². The number of aliphatic hydroxyl groups is 1. The third-order valence-corrected chi connectivity index (χ3v) is 5.18. The van der Waals surface area contributed by atoms with Crippen molar-refractivity contribution >= 4 is 16.5 Å². The first-order valence-electron chi connectivity index (χ1n) is 8.16. The van der Waals surface area contributed by atoms with Crippen LogP contribution in [0.25, 0.3) is 0 Å². The first kappa shape index (κ1) is 17.5. The molecule has 0 radical (unpaired) electrons. The lowest BCUT2D eigenvalue weighted by atomic mass is 9.70. The number of thiazole rings is 1. The van der Waals surface area contributed by atoms with Crippen LogP contribution >= 0.6 is 11.3 Å². The van der Waals surface area contributed by atoms with Crippen molar-refractivity contribution in [1.29, 1.82) is 0 Å². The molecule has 0 aliphatic heterocycles. The van der Waals surface area contributed by atoms with Gasteiger partial charge < -0.3 is 15.5 Å². The number of aromatic hydroxyl groups is 1. The zero-order chi connectivity index (χ0) is 17.9. The Hall–Kier alpha value is -2.37. The molecule has 0 aliphatic carbocycles. The summed E-state index contributed by atoms with van der Waals surface area (Å²) in [6.07, 6.45) is 0.891. The Morgan fingerprint density at radius 2 is 1.76 bits per heavy atom. The third-order valence-electron chi connectivity index (χ3n) is 4.48. The number of phenolic OH excluding ortho intramolecular Hbond substituents is 1. The van der Waals surface area contributed by atoms with Crippen LogP contribution in [0, 0.1) is 5.41 Å². The largest absolute Gasteiger partial charge is 0.508 e. The Kier molecular flexibility index (Phi) is 5.06. The standard InChI is InChI=1S/C20H22N2O2S/c1-20(2,18(24)22-19-21-11-12-25-19)17(14-7-4-3-5-8-14)15-9-6-10-16(23)13-15/h3-13,17-18,23-24H,1-2H3,(H,21,22). The summed E-state index contributed by atoms with van der Waals surface area (Å²) in [6.45, 7) is 4.03. The van der Waals surface area contributed by atoms with Crippen molar-refractivity contribution in [3.63, 3.8) is 0 Å². The molecule has 0 amide bonds. The lowest BCUT2D eigenvalue weighted by molar-refractivity contribution is 0.0613. The zero-order valence-electron chi connectivity index (χ0n) is 14.3. The van der Waals surface area contributed by atoms with Gasteiger partial charge in [0.15, 0.2) is 5.13 Å². The van der Waals surface area contributed by atoms with Gasteiger partial charge >= 0.3 is 0 Å². The van der Waals surface area contributed by atoms with Crippen molar-refractivity contribution in [2.45, 2.75) is 26.0 Å². The molecule has 2 atom stereocenters. The number of aromatic nitrogens is 1. The second kappa shape index (κ2) is 7.25. The van der Waals surface area contributed by atoms with Gasteiger partial charge in [0, 0.05) is 22.9 Å². The predicted octanol–water partition coefficient (Wildman–Crippen LogP) is 4.44. The average Bonchev–Trinajstić information content (AvgIpc) is 3.09. The minimum absolute atomic E-state index is 0.108. The maximum absolute atomic E-state index is 10.9. The highest BCUT2D eigenvalue weighted by molar-refractivity contribution is 7.13.